The van der Waals surface area contributed by atoms with Gasteiger partial charge in [0.05, 0.1) is 5.33 Å². The Balaban J connectivity index is 2.27. The van der Waals surface area contributed by atoms with E-state index in [1.165, 1.54) is 6.07 Å². The van der Waals surface area contributed by atoms with Crippen LogP contribution >= 0.6 is 15.9 Å². The van der Waals surface area contributed by atoms with Crippen molar-refractivity contribution in [3.05, 3.63) is 47.0 Å². The van der Waals surface area contributed by atoms with Crippen molar-refractivity contribution in [2.24, 2.45) is 0 Å². The summed E-state index contributed by atoms with van der Waals surface area (Å²) in [6.07, 6.45) is 1.40. The maximum atomic E-state index is 13.2. The highest BCUT2D eigenvalue weighted by Gasteiger charge is 2.12. The van der Waals surface area contributed by atoms with E-state index in [0.717, 1.165) is 30.7 Å². The zero-order valence-electron chi connectivity index (χ0n) is 10.5. The lowest BCUT2D eigenvalue weighted by Crippen LogP contribution is -2.07. The highest BCUT2D eigenvalue weighted by Crippen LogP contribution is 2.14. The Kier molecular flexibility index (Phi) is 4.63. The summed E-state index contributed by atoms with van der Waals surface area (Å²) in [6.45, 7) is 2.88. The summed E-state index contributed by atoms with van der Waals surface area (Å²) in [5.41, 5.74) is 0.685. The standard InChI is InChI=1S/C13H14BrF2N3/c1-2-5-19-12(17-18-13(19)8-14)7-9-3-4-10(15)11(16)6-9/h3-4,6H,2,5,7-8H2,1H3. The molecule has 2 aromatic rings. The summed E-state index contributed by atoms with van der Waals surface area (Å²) < 4.78 is 28.1. The lowest BCUT2D eigenvalue weighted by atomic mass is 10.1. The quantitative estimate of drug-likeness (QED) is 0.786. The Labute approximate surface area is 118 Å². The van der Waals surface area contributed by atoms with Gasteiger partial charge in [0.15, 0.2) is 11.6 Å². The van der Waals surface area contributed by atoms with Crippen LogP contribution < -0.4 is 0 Å². The highest BCUT2D eigenvalue weighted by atomic mass is 79.9. The maximum absolute atomic E-state index is 13.2. The van der Waals surface area contributed by atoms with E-state index in [4.69, 9.17) is 0 Å². The Morgan fingerprint density at radius 1 is 1.16 bits per heavy atom. The topological polar surface area (TPSA) is 30.7 Å². The first-order valence-electron chi connectivity index (χ1n) is 6.06. The maximum Gasteiger partial charge on any atom is 0.159 e. The molecule has 0 unspecified atom stereocenters. The molecule has 3 nitrogen and oxygen atoms in total. The molecule has 0 aliphatic rings. The molecule has 0 bridgehead atoms. The Bertz CT molecular complexity index is 569. The van der Waals surface area contributed by atoms with E-state index < -0.39 is 11.6 Å². The SMILES string of the molecule is CCCn1c(CBr)nnc1Cc1ccc(F)c(F)c1. The number of nitrogens with zero attached hydrogens (tertiary/aromatic N) is 3. The number of rotatable bonds is 5. The molecule has 0 fully saturated rings. The van der Waals surface area contributed by atoms with E-state index in [1.807, 2.05) is 4.57 Å². The van der Waals surface area contributed by atoms with Crippen LogP contribution in [0, 0.1) is 11.6 Å². The van der Waals surface area contributed by atoms with E-state index in [0.29, 0.717) is 17.3 Å². The summed E-state index contributed by atoms with van der Waals surface area (Å²) in [7, 11) is 0. The second-order valence-electron chi connectivity index (χ2n) is 4.24. The van der Waals surface area contributed by atoms with Gasteiger partial charge in [0, 0.05) is 13.0 Å². The van der Waals surface area contributed by atoms with Crippen LogP contribution in [-0.2, 0) is 18.3 Å². The minimum absolute atomic E-state index is 0.442. The molecular weight excluding hydrogens is 316 g/mol. The number of hydrogen-bond acceptors (Lipinski definition) is 2. The first kappa shape index (κ1) is 14.1. The van der Waals surface area contributed by atoms with Crippen molar-refractivity contribution in [1.82, 2.24) is 14.8 Å². The molecule has 0 saturated carbocycles. The van der Waals surface area contributed by atoms with Gasteiger partial charge in [-0.15, -0.1) is 10.2 Å². The predicted octanol–water partition coefficient (Wildman–Crippen LogP) is 3.45. The molecule has 6 heteroatoms. The molecule has 1 aromatic carbocycles. The lowest BCUT2D eigenvalue weighted by molar-refractivity contribution is 0.507. The normalized spacial score (nSPS) is 10.9. The molecule has 0 radical (unpaired) electrons. The van der Waals surface area contributed by atoms with E-state index in [9.17, 15) is 8.78 Å². The fourth-order valence-electron chi connectivity index (χ4n) is 1.92. The first-order valence-corrected chi connectivity index (χ1v) is 7.18. The number of aromatic nitrogens is 3. The lowest BCUT2D eigenvalue weighted by Gasteiger charge is -2.08. The van der Waals surface area contributed by atoms with E-state index in [-0.39, 0.29) is 0 Å². The summed E-state index contributed by atoms with van der Waals surface area (Å²) in [6, 6.07) is 3.90. The van der Waals surface area contributed by atoms with E-state index >= 15 is 0 Å². The first-order chi connectivity index (χ1) is 9.15. The summed E-state index contributed by atoms with van der Waals surface area (Å²) in [5, 5.41) is 8.83. The van der Waals surface area contributed by atoms with Crippen LogP contribution in [0.25, 0.3) is 0 Å². The van der Waals surface area contributed by atoms with E-state index in [1.54, 1.807) is 6.07 Å². The van der Waals surface area contributed by atoms with Crippen LogP contribution in [0.3, 0.4) is 0 Å². The Hall–Kier alpha value is -1.30. The number of benzene rings is 1. The van der Waals surface area contributed by atoms with Crippen LogP contribution in [0.4, 0.5) is 8.78 Å². The second-order valence-corrected chi connectivity index (χ2v) is 4.80. The summed E-state index contributed by atoms with van der Waals surface area (Å²) in [4.78, 5) is 0. The molecule has 0 aliphatic carbocycles. The van der Waals surface area contributed by atoms with Crippen molar-refractivity contribution in [3.8, 4) is 0 Å². The van der Waals surface area contributed by atoms with Gasteiger partial charge in [0.2, 0.25) is 0 Å². The molecule has 0 atom stereocenters. The zero-order chi connectivity index (χ0) is 13.8. The third kappa shape index (κ3) is 3.18. The molecular formula is C13H14BrF2N3. The van der Waals surface area contributed by atoms with Gasteiger partial charge in [0.1, 0.15) is 11.6 Å². The molecule has 2 rings (SSSR count). The minimum Gasteiger partial charge on any atom is -0.314 e. The van der Waals surface area contributed by atoms with Crippen LogP contribution in [0.5, 0.6) is 0 Å². The average Bonchev–Trinajstić information content (AvgIpc) is 2.77. The van der Waals surface area contributed by atoms with Gasteiger partial charge in [-0.05, 0) is 24.1 Å². The van der Waals surface area contributed by atoms with Gasteiger partial charge in [-0.2, -0.15) is 0 Å². The van der Waals surface area contributed by atoms with Gasteiger partial charge >= 0.3 is 0 Å². The van der Waals surface area contributed by atoms with Crippen molar-refractivity contribution in [2.75, 3.05) is 0 Å². The van der Waals surface area contributed by atoms with Gasteiger partial charge < -0.3 is 4.57 Å². The molecule has 1 aromatic heterocycles. The fraction of sp³-hybridized carbons (Fsp3) is 0.385. The summed E-state index contributed by atoms with van der Waals surface area (Å²) >= 11 is 3.37. The van der Waals surface area contributed by atoms with Gasteiger partial charge in [0.25, 0.3) is 0 Å². The smallest absolute Gasteiger partial charge is 0.159 e. The third-order valence-corrected chi connectivity index (χ3v) is 3.32. The highest BCUT2D eigenvalue weighted by molar-refractivity contribution is 9.08. The van der Waals surface area contributed by atoms with Gasteiger partial charge in [-0.3, -0.25) is 0 Å². The molecule has 0 spiro atoms. The molecule has 0 N–H and O–H groups in total. The van der Waals surface area contributed by atoms with Crippen LogP contribution in [0.2, 0.25) is 0 Å². The van der Waals surface area contributed by atoms with Crippen LogP contribution in [-0.4, -0.2) is 14.8 Å². The molecule has 0 aliphatic heterocycles. The molecule has 19 heavy (non-hydrogen) atoms. The van der Waals surface area contributed by atoms with Crippen molar-refractivity contribution < 1.29 is 8.78 Å². The third-order valence-electron chi connectivity index (χ3n) is 2.82. The van der Waals surface area contributed by atoms with Gasteiger partial charge in [-0.1, -0.05) is 28.9 Å². The summed E-state index contributed by atoms with van der Waals surface area (Å²) in [5.74, 6) is -0.0542. The van der Waals surface area contributed by atoms with Crippen LogP contribution in [0.1, 0.15) is 30.6 Å². The Morgan fingerprint density at radius 3 is 2.53 bits per heavy atom. The minimum atomic E-state index is -0.834. The predicted molar refractivity (Wildman–Crippen MR) is 72.1 cm³/mol. The van der Waals surface area contributed by atoms with Crippen molar-refractivity contribution in [2.45, 2.75) is 31.6 Å². The molecule has 1 heterocycles. The molecule has 0 saturated heterocycles. The van der Waals surface area contributed by atoms with Crippen LogP contribution in [0.15, 0.2) is 18.2 Å². The van der Waals surface area contributed by atoms with Crippen molar-refractivity contribution in [3.63, 3.8) is 0 Å². The molecule has 102 valence electrons. The van der Waals surface area contributed by atoms with Crippen molar-refractivity contribution in [1.29, 1.82) is 0 Å². The van der Waals surface area contributed by atoms with Gasteiger partial charge in [-0.25, -0.2) is 8.78 Å². The van der Waals surface area contributed by atoms with Crippen molar-refractivity contribution >= 4 is 15.9 Å². The number of halogens is 3. The number of alkyl halides is 1. The van der Waals surface area contributed by atoms with E-state index in [2.05, 4.69) is 33.1 Å². The Morgan fingerprint density at radius 2 is 1.89 bits per heavy atom. The zero-order valence-corrected chi connectivity index (χ0v) is 12.1. The monoisotopic (exact) mass is 329 g/mol. The second kappa shape index (κ2) is 6.23. The largest absolute Gasteiger partial charge is 0.314 e. The fourth-order valence-corrected chi connectivity index (χ4v) is 2.33. The number of hydrogen-bond donors (Lipinski definition) is 0. The average molecular weight is 330 g/mol. The molecule has 0 amide bonds.